The van der Waals surface area contributed by atoms with Gasteiger partial charge in [-0.25, -0.2) is 13.4 Å². The van der Waals surface area contributed by atoms with Gasteiger partial charge in [-0.3, -0.25) is 9.52 Å². The van der Waals surface area contributed by atoms with Gasteiger partial charge in [0.2, 0.25) is 15.9 Å². The molecule has 1 aromatic rings. The number of sulfonamides is 1. The summed E-state index contributed by atoms with van der Waals surface area (Å²) in [5.74, 6) is -1.50. The van der Waals surface area contributed by atoms with Crippen molar-refractivity contribution >= 4 is 21.7 Å². The minimum Gasteiger partial charge on any atom is -0.481 e. The molecule has 8 heteroatoms. The summed E-state index contributed by atoms with van der Waals surface area (Å²) in [7, 11) is -3.72. The SMILES string of the molecule is CCOc1ncccc1NS(=O)(=O)CCC(=O)O. The standard InChI is InChI=1S/C10H14N2O5S/c1-2-17-10-8(4-3-6-11-10)12-18(15,16)7-5-9(13)14/h3-4,6,12H,2,5,7H2,1H3,(H,13,14). The molecule has 0 radical (unpaired) electrons. The summed E-state index contributed by atoms with van der Waals surface area (Å²) in [6.45, 7) is 2.10. The number of anilines is 1. The van der Waals surface area contributed by atoms with Crippen LogP contribution in [0.25, 0.3) is 0 Å². The Labute approximate surface area is 105 Å². The smallest absolute Gasteiger partial charge is 0.304 e. The molecule has 0 aromatic carbocycles. The van der Waals surface area contributed by atoms with Crippen molar-refractivity contribution in [1.29, 1.82) is 0 Å². The molecule has 0 spiro atoms. The monoisotopic (exact) mass is 274 g/mol. The highest BCUT2D eigenvalue weighted by Gasteiger charge is 2.15. The molecule has 18 heavy (non-hydrogen) atoms. The van der Waals surface area contributed by atoms with Crippen LogP contribution in [0.5, 0.6) is 5.88 Å². The van der Waals surface area contributed by atoms with Gasteiger partial charge in [0.25, 0.3) is 0 Å². The Kier molecular flexibility index (Phi) is 4.90. The number of carbonyl (C=O) groups is 1. The van der Waals surface area contributed by atoms with Gasteiger partial charge >= 0.3 is 5.97 Å². The van der Waals surface area contributed by atoms with Gasteiger partial charge in [-0.2, -0.15) is 0 Å². The maximum Gasteiger partial charge on any atom is 0.304 e. The Morgan fingerprint density at radius 2 is 2.28 bits per heavy atom. The lowest BCUT2D eigenvalue weighted by atomic mass is 10.4. The van der Waals surface area contributed by atoms with Crippen LogP contribution in [0.2, 0.25) is 0 Å². The van der Waals surface area contributed by atoms with E-state index in [1.54, 1.807) is 13.0 Å². The summed E-state index contributed by atoms with van der Waals surface area (Å²) in [5, 5.41) is 8.45. The highest BCUT2D eigenvalue weighted by molar-refractivity contribution is 7.92. The first-order chi connectivity index (χ1) is 8.44. The van der Waals surface area contributed by atoms with Crippen LogP contribution in [0, 0.1) is 0 Å². The van der Waals surface area contributed by atoms with Gasteiger partial charge in [-0.05, 0) is 19.1 Å². The van der Waals surface area contributed by atoms with E-state index in [9.17, 15) is 13.2 Å². The highest BCUT2D eigenvalue weighted by Crippen LogP contribution is 2.21. The number of hydrogen-bond acceptors (Lipinski definition) is 5. The second-order valence-electron chi connectivity index (χ2n) is 3.35. The van der Waals surface area contributed by atoms with Gasteiger partial charge in [0.05, 0.1) is 18.8 Å². The summed E-state index contributed by atoms with van der Waals surface area (Å²) in [6, 6.07) is 3.05. The van der Waals surface area contributed by atoms with E-state index in [0.29, 0.717) is 6.61 Å². The van der Waals surface area contributed by atoms with Crippen LogP contribution >= 0.6 is 0 Å². The maximum absolute atomic E-state index is 11.6. The quantitative estimate of drug-likeness (QED) is 0.758. The average Bonchev–Trinajstić information content (AvgIpc) is 2.29. The van der Waals surface area contributed by atoms with Crippen molar-refractivity contribution in [3.63, 3.8) is 0 Å². The molecule has 100 valence electrons. The number of hydrogen-bond donors (Lipinski definition) is 2. The number of aliphatic carboxylic acids is 1. The lowest BCUT2D eigenvalue weighted by Gasteiger charge is -2.10. The maximum atomic E-state index is 11.6. The van der Waals surface area contributed by atoms with E-state index in [-0.39, 0.29) is 11.6 Å². The molecule has 1 rings (SSSR count). The van der Waals surface area contributed by atoms with Gasteiger partial charge in [0, 0.05) is 6.20 Å². The molecule has 0 aliphatic rings. The zero-order valence-electron chi connectivity index (χ0n) is 9.79. The molecular formula is C10H14N2O5S. The second kappa shape index (κ2) is 6.20. The molecule has 7 nitrogen and oxygen atoms in total. The van der Waals surface area contributed by atoms with Crippen molar-refractivity contribution in [2.45, 2.75) is 13.3 Å². The second-order valence-corrected chi connectivity index (χ2v) is 5.20. The topological polar surface area (TPSA) is 106 Å². The number of aromatic nitrogens is 1. The predicted octanol–water partition coefficient (Wildman–Crippen LogP) is 0.697. The number of pyridine rings is 1. The first kappa shape index (κ1) is 14.2. The normalized spacial score (nSPS) is 10.9. The van der Waals surface area contributed by atoms with Crippen LogP contribution in [-0.4, -0.2) is 36.8 Å². The van der Waals surface area contributed by atoms with Gasteiger partial charge in [0.1, 0.15) is 5.69 Å². The van der Waals surface area contributed by atoms with E-state index in [1.165, 1.54) is 12.3 Å². The van der Waals surface area contributed by atoms with Crippen molar-refractivity contribution in [2.75, 3.05) is 17.1 Å². The van der Waals surface area contributed by atoms with Gasteiger partial charge < -0.3 is 9.84 Å². The number of nitrogens with zero attached hydrogens (tertiary/aromatic N) is 1. The summed E-state index contributed by atoms with van der Waals surface area (Å²) < 4.78 is 30.6. The van der Waals surface area contributed by atoms with Crippen molar-refractivity contribution in [3.8, 4) is 5.88 Å². The third-order valence-electron chi connectivity index (χ3n) is 1.90. The van der Waals surface area contributed by atoms with Crippen molar-refractivity contribution in [3.05, 3.63) is 18.3 Å². The molecule has 0 bridgehead atoms. The molecule has 0 amide bonds. The fraction of sp³-hybridized carbons (Fsp3) is 0.400. The van der Waals surface area contributed by atoms with E-state index in [1.807, 2.05) is 0 Å². The molecule has 1 heterocycles. The summed E-state index contributed by atoms with van der Waals surface area (Å²) in [4.78, 5) is 14.2. The Morgan fingerprint density at radius 1 is 1.56 bits per heavy atom. The van der Waals surface area contributed by atoms with E-state index in [4.69, 9.17) is 9.84 Å². The van der Waals surface area contributed by atoms with Crippen LogP contribution in [0.4, 0.5) is 5.69 Å². The fourth-order valence-electron chi connectivity index (χ4n) is 1.16. The summed E-state index contributed by atoms with van der Waals surface area (Å²) in [6.07, 6.45) is 1.01. The molecule has 0 saturated heterocycles. The van der Waals surface area contributed by atoms with E-state index in [2.05, 4.69) is 9.71 Å². The van der Waals surface area contributed by atoms with E-state index < -0.39 is 28.2 Å². The lowest BCUT2D eigenvalue weighted by molar-refractivity contribution is -0.136. The van der Waals surface area contributed by atoms with Crippen LogP contribution in [0.1, 0.15) is 13.3 Å². The first-order valence-corrected chi connectivity index (χ1v) is 6.90. The zero-order valence-corrected chi connectivity index (χ0v) is 10.6. The third-order valence-corrected chi connectivity index (χ3v) is 3.17. The third kappa shape index (κ3) is 4.58. The number of nitrogens with one attached hydrogen (secondary N) is 1. The molecule has 0 atom stereocenters. The minimum atomic E-state index is -3.72. The molecule has 0 unspecified atom stereocenters. The summed E-state index contributed by atoms with van der Waals surface area (Å²) >= 11 is 0. The molecular weight excluding hydrogens is 260 g/mol. The average molecular weight is 274 g/mol. The van der Waals surface area contributed by atoms with Crippen LogP contribution in [-0.2, 0) is 14.8 Å². The Morgan fingerprint density at radius 3 is 2.89 bits per heavy atom. The number of carboxylic acid groups (broad SMARTS) is 1. The molecule has 1 aromatic heterocycles. The lowest BCUT2D eigenvalue weighted by Crippen LogP contribution is -2.19. The zero-order chi connectivity index (χ0) is 13.6. The van der Waals surface area contributed by atoms with E-state index >= 15 is 0 Å². The van der Waals surface area contributed by atoms with Gasteiger partial charge in [0.15, 0.2) is 0 Å². The Hall–Kier alpha value is -1.83. The number of ether oxygens (including phenoxy) is 1. The molecule has 0 fully saturated rings. The number of rotatable bonds is 7. The van der Waals surface area contributed by atoms with E-state index in [0.717, 1.165) is 0 Å². The number of carboxylic acids is 1. The first-order valence-electron chi connectivity index (χ1n) is 5.24. The molecule has 0 aliphatic heterocycles. The molecule has 2 N–H and O–H groups in total. The molecule has 0 saturated carbocycles. The minimum absolute atomic E-state index is 0.166. The van der Waals surface area contributed by atoms with Crippen molar-refractivity contribution in [2.24, 2.45) is 0 Å². The van der Waals surface area contributed by atoms with Crippen LogP contribution in [0.3, 0.4) is 0 Å². The predicted molar refractivity (Wildman–Crippen MR) is 65.1 cm³/mol. The van der Waals surface area contributed by atoms with Crippen molar-refractivity contribution in [1.82, 2.24) is 4.98 Å². The Bertz CT molecular complexity index is 515. The molecule has 0 aliphatic carbocycles. The van der Waals surface area contributed by atoms with Crippen LogP contribution in [0.15, 0.2) is 18.3 Å². The largest absolute Gasteiger partial charge is 0.481 e. The highest BCUT2D eigenvalue weighted by atomic mass is 32.2. The fourth-order valence-corrected chi connectivity index (χ4v) is 2.20. The van der Waals surface area contributed by atoms with Crippen molar-refractivity contribution < 1.29 is 23.1 Å². The van der Waals surface area contributed by atoms with Gasteiger partial charge in [-0.1, -0.05) is 0 Å². The Balaban J connectivity index is 2.80. The summed E-state index contributed by atoms with van der Waals surface area (Å²) in [5.41, 5.74) is 0.199. The van der Waals surface area contributed by atoms with Crippen LogP contribution < -0.4 is 9.46 Å². The van der Waals surface area contributed by atoms with Gasteiger partial charge in [-0.15, -0.1) is 0 Å².